The Labute approximate surface area is 164 Å². The van der Waals surface area contributed by atoms with Crippen molar-refractivity contribution < 1.29 is 9.53 Å². The number of ether oxygens (including phenoxy) is 1. The van der Waals surface area contributed by atoms with E-state index in [0.29, 0.717) is 29.9 Å². The molecule has 2 bridgehead atoms. The van der Waals surface area contributed by atoms with Crippen LogP contribution >= 0.6 is 0 Å². The minimum absolute atomic E-state index is 0.0218. The number of nitrogens with two attached hydrogens (primary N) is 1. The molecule has 3 aliphatic heterocycles. The van der Waals surface area contributed by atoms with E-state index < -0.39 is 0 Å². The van der Waals surface area contributed by atoms with Gasteiger partial charge in [0.15, 0.2) is 0 Å². The fraction of sp³-hybridized carbons (Fsp3) is 0.476. The minimum atomic E-state index is -0.125. The molecule has 3 fully saturated rings. The van der Waals surface area contributed by atoms with Crippen molar-refractivity contribution in [2.75, 3.05) is 30.3 Å². The van der Waals surface area contributed by atoms with Crippen LogP contribution in [0.25, 0.3) is 0 Å². The molecule has 1 aromatic heterocycles. The molecule has 1 aromatic carbocycles. The summed E-state index contributed by atoms with van der Waals surface area (Å²) in [7, 11) is 0. The molecule has 146 valence electrons. The Balaban J connectivity index is 1.31. The SMILES string of the molecule is Cc1cc(N2C[C@@H]3[C@H](CNC(=O)c4ccccc4)[C@H]4CC[C@]3(C2)O4)nc(N)n1. The maximum absolute atomic E-state index is 12.5. The highest BCUT2D eigenvalue weighted by molar-refractivity contribution is 5.94. The zero-order valence-electron chi connectivity index (χ0n) is 16.0. The molecule has 1 spiro atoms. The number of aryl methyl sites for hydroxylation is 1. The normalized spacial score (nSPS) is 30.5. The molecule has 0 unspecified atom stereocenters. The fourth-order valence-electron chi connectivity index (χ4n) is 5.28. The number of nitrogens with one attached hydrogen (secondary N) is 1. The van der Waals surface area contributed by atoms with Crippen LogP contribution in [0.4, 0.5) is 11.8 Å². The van der Waals surface area contributed by atoms with E-state index in [1.165, 1.54) is 0 Å². The number of carbonyl (C=O) groups is 1. The number of carbonyl (C=O) groups excluding carboxylic acids is 1. The molecule has 4 atom stereocenters. The summed E-state index contributed by atoms with van der Waals surface area (Å²) < 4.78 is 6.48. The van der Waals surface area contributed by atoms with Crippen molar-refractivity contribution in [1.29, 1.82) is 0 Å². The van der Waals surface area contributed by atoms with Crippen molar-refractivity contribution in [3.8, 4) is 0 Å². The van der Waals surface area contributed by atoms with Crippen molar-refractivity contribution in [3.63, 3.8) is 0 Å². The van der Waals surface area contributed by atoms with E-state index >= 15 is 0 Å². The quantitative estimate of drug-likeness (QED) is 0.841. The highest BCUT2D eigenvalue weighted by Crippen LogP contribution is 2.55. The Kier molecular flexibility index (Phi) is 4.01. The van der Waals surface area contributed by atoms with E-state index in [0.717, 1.165) is 37.4 Å². The second-order valence-corrected chi connectivity index (χ2v) is 8.21. The molecule has 3 N–H and O–H groups in total. The second kappa shape index (κ2) is 6.44. The van der Waals surface area contributed by atoms with Gasteiger partial charge < -0.3 is 20.7 Å². The lowest BCUT2D eigenvalue weighted by Gasteiger charge is -2.29. The highest BCUT2D eigenvalue weighted by atomic mass is 16.5. The molecule has 1 amide bonds. The molecule has 7 nitrogen and oxygen atoms in total. The van der Waals surface area contributed by atoms with Gasteiger partial charge in [-0.25, -0.2) is 4.98 Å². The third kappa shape index (κ3) is 2.81. The average molecular weight is 379 g/mol. The fourth-order valence-corrected chi connectivity index (χ4v) is 5.28. The Morgan fingerprint density at radius 1 is 1.36 bits per heavy atom. The number of fused-ring (bicyclic) bond motifs is 1. The Morgan fingerprint density at radius 3 is 2.96 bits per heavy atom. The molecule has 7 heteroatoms. The van der Waals surface area contributed by atoms with E-state index in [1.807, 2.05) is 43.3 Å². The van der Waals surface area contributed by atoms with Crippen molar-refractivity contribution in [3.05, 3.63) is 47.7 Å². The lowest BCUT2D eigenvalue weighted by molar-refractivity contribution is 0.0141. The van der Waals surface area contributed by atoms with Gasteiger partial charge in [0.1, 0.15) is 5.82 Å². The molecule has 0 radical (unpaired) electrons. The molecule has 28 heavy (non-hydrogen) atoms. The number of nitrogen functional groups attached to an aromatic ring is 1. The maximum atomic E-state index is 12.5. The third-order valence-corrected chi connectivity index (χ3v) is 6.50. The number of nitrogens with zero attached hydrogens (tertiary/aromatic N) is 3. The summed E-state index contributed by atoms with van der Waals surface area (Å²) in [6.45, 7) is 4.27. The van der Waals surface area contributed by atoms with Gasteiger partial charge in [0.25, 0.3) is 5.91 Å². The Bertz CT molecular complexity index is 885. The topological polar surface area (TPSA) is 93.4 Å². The van der Waals surface area contributed by atoms with Crippen LogP contribution in [0.5, 0.6) is 0 Å². The number of benzene rings is 1. The van der Waals surface area contributed by atoms with E-state index in [-0.39, 0.29) is 17.6 Å². The molecular formula is C21H25N5O2. The summed E-state index contributed by atoms with van der Waals surface area (Å²) in [6, 6.07) is 11.3. The minimum Gasteiger partial charge on any atom is -0.369 e. The second-order valence-electron chi connectivity index (χ2n) is 8.21. The first-order chi connectivity index (χ1) is 13.5. The van der Waals surface area contributed by atoms with Gasteiger partial charge in [-0.05, 0) is 31.9 Å². The van der Waals surface area contributed by atoms with Crippen molar-refractivity contribution in [1.82, 2.24) is 15.3 Å². The zero-order valence-corrected chi connectivity index (χ0v) is 16.0. The summed E-state index contributed by atoms with van der Waals surface area (Å²) in [5, 5.41) is 3.12. The van der Waals surface area contributed by atoms with Crippen molar-refractivity contribution >= 4 is 17.7 Å². The predicted octanol–water partition coefficient (Wildman–Crippen LogP) is 1.78. The molecule has 0 aliphatic carbocycles. The smallest absolute Gasteiger partial charge is 0.251 e. The van der Waals surface area contributed by atoms with Gasteiger partial charge in [0, 0.05) is 48.8 Å². The Hall–Kier alpha value is -2.67. The van der Waals surface area contributed by atoms with Crippen molar-refractivity contribution in [2.24, 2.45) is 11.8 Å². The largest absolute Gasteiger partial charge is 0.369 e. The van der Waals surface area contributed by atoms with Crippen molar-refractivity contribution in [2.45, 2.75) is 31.5 Å². The maximum Gasteiger partial charge on any atom is 0.251 e. The van der Waals surface area contributed by atoms with E-state index in [2.05, 4.69) is 20.2 Å². The van der Waals surface area contributed by atoms with E-state index in [9.17, 15) is 4.79 Å². The molecule has 0 saturated carbocycles. The standard InChI is InChI=1S/C21H25N5O2/c1-13-9-18(25-20(22)24-13)26-11-16-15(17-7-8-21(16,12-26)28-17)10-23-19(27)14-5-3-2-4-6-14/h2-6,9,15-17H,7-8,10-12H2,1H3,(H,23,27)(H2,22,24,25)/t15-,16+,17+,21+/m0/s1. The lowest BCUT2D eigenvalue weighted by atomic mass is 9.73. The summed E-state index contributed by atoms with van der Waals surface area (Å²) >= 11 is 0. The van der Waals surface area contributed by atoms with Gasteiger partial charge in [-0.3, -0.25) is 4.79 Å². The molecule has 3 saturated heterocycles. The van der Waals surface area contributed by atoms with Crippen LogP contribution in [0.2, 0.25) is 0 Å². The van der Waals surface area contributed by atoms with Gasteiger partial charge in [-0.2, -0.15) is 4.98 Å². The molecule has 5 rings (SSSR count). The monoisotopic (exact) mass is 379 g/mol. The summed E-state index contributed by atoms with van der Waals surface area (Å²) in [4.78, 5) is 23.3. The van der Waals surface area contributed by atoms with Crippen LogP contribution in [-0.2, 0) is 4.74 Å². The van der Waals surface area contributed by atoms with E-state index in [1.54, 1.807) is 0 Å². The van der Waals surface area contributed by atoms with Gasteiger partial charge in [0.2, 0.25) is 5.95 Å². The Morgan fingerprint density at radius 2 is 2.18 bits per heavy atom. The molecule has 4 heterocycles. The first-order valence-corrected chi connectivity index (χ1v) is 9.91. The zero-order chi connectivity index (χ0) is 19.3. The highest BCUT2D eigenvalue weighted by Gasteiger charge is 2.63. The number of hydrogen-bond acceptors (Lipinski definition) is 6. The first kappa shape index (κ1) is 17.4. The van der Waals surface area contributed by atoms with Crippen LogP contribution in [-0.4, -0.2) is 47.2 Å². The predicted molar refractivity (Wildman–Crippen MR) is 106 cm³/mol. The summed E-state index contributed by atoms with van der Waals surface area (Å²) in [6.07, 6.45) is 2.36. The van der Waals surface area contributed by atoms with Crippen LogP contribution in [0.3, 0.4) is 0 Å². The van der Waals surface area contributed by atoms with E-state index in [4.69, 9.17) is 10.5 Å². The summed E-state index contributed by atoms with van der Waals surface area (Å²) in [5.74, 6) is 1.87. The van der Waals surface area contributed by atoms with Gasteiger partial charge in [-0.15, -0.1) is 0 Å². The van der Waals surface area contributed by atoms with Crippen LogP contribution < -0.4 is 16.0 Å². The third-order valence-electron chi connectivity index (χ3n) is 6.50. The number of aromatic nitrogens is 2. The lowest BCUT2D eigenvalue weighted by Crippen LogP contribution is -2.41. The molecule has 2 aromatic rings. The first-order valence-electron chi connectivity index (χ1n) is 9.91. The average Bonchev–Trinajstić information content (AvgIpc) is 3.34. The summed E-state index contributed by atoms with van der Waals surface area (Å²) in [5.41, 5.74) is 7.29. The van der Waals surface area contributed by atoms with Crippen LogP contribution in [0.1, 0.15) is 28.9 Å². The van der Waals surface area contributed by atoms with Crippen LogP contribution in [0, 0.1) is 18.8 Å². The molecular weight excluding hydrogens is 354 g/mol. The van der Waals surface area contributed by atoms with Gasteiger partial charge in [-0.1, -0.05) is 18.2 Å². The van der Waals surface area contributed by atoms with Crippen LogP contribution in [0.15, 0.2) is 36.4 Å². The number of rotatable bonds is 4. The number of amides is 1. The van der Waals surface area contributed by atoms with Gasteiger partial charge in [0.05, 0.1) is 11.7 Å². The number of hydrogen-bond donors (Lipinski definition) is 2. The number of anilines is 2. The molecule has 3 aliphatic rings. The van der Waals surface area contributed by atoms with Gasteiger partial charge >= 0.3 is 0 Å².